The average molecular weight is 268 g/mol. The number of fused-ring (bicyclic) bond motifs is 3. The fraction of sp³-hybridized carbons (Fsp3) is 0.353. The van der Waals surface area contributed by atoms with E-state index in [2.05, 4.69) is 42.1 Å². The van der Waals surface area contributed by atoms with Crippen molar-refractivity contribution in [3.8, 4) is 11.1 Å². The van der Waals surface area contributed by atoms with Crippen molar-refractivity contribution in [1.29, 1.82) is 0 Å². The van der Waals surface area contributed by atoms with Crippen molar-refractivity contribution in [1.82, 2.24) is 4.57 Å². The summed E-state index contributed by atoms with van der Waals surface area (Å²) in [6, 6.07) is 10.2. The summed E-state index contributed by atoms with van der Waals surface area (Å²) < 4.78 is 2.10. The number of aromatic nitrogens is 1. The number of para-hydroxylation sites is 1. The van der Waals surface area contributed by atoms with E-state index >= 15 is 0 Å². The second-order valence-corrected chi connectivity index (χ2v) is 5.48. The van der Waals surface area contributed by atoms with Crippen LogP contribution in [0.4, 0.5) is 5.69 Å². The summed E-state index contributed by atoms with van der Waals surface area (Å²) in [6.07, 6.45) is 3.66. The average Bonchev–Trinajstić information content (AvgIpc) is 2.80. The summed E-state index contributed by atoms with van der Waals surface area (Å²) in [6.45, 7) is 4.19. The number of carbonyl (C=O) groups excluding carboxylic acids is 1. The number of hydrogen-bond acceptors (Lipinski definition) is 1. The zero-order chi connectivity index (χ0) is 14.3. The Morgan fingerprint density at radius 1 is 1.10 bits per heavy atom. The van der Waals surface area contributed by atoms with E-state index in [9.17, 15) is 4.79 Å². The zero-order valence-corrected chi connectivity index (χ0v) is 12.2. The number of benzene rings is 1. The molecule has 20 heavy (non-hydrogen) atoms. The maximum atomic E-state index is 12.8. The number of rotatable bonds is 2. The van der Waals surface area contributed by atoms with Crippen molar-refractivity contribution < 1.29 is 4.79 Å². The zero-order valence-electron chi connectivity index (χ0n) is 12.2. The molecule has 1 aromatic heterocycles. The highest BCUT2D eigenvalue weighted by atomic mass is 16.2. The first-order valence-electron chi connectivity index (χ1n) is 7.20. The summed E-state index contributed by atoms with van der Waals surface area (Å²) in [5.74, 6) is 0.107. The molecule has 104 valence electrons. The first-order valence-corrected chi connectivity index (χ1v) is 7.20. The van der Waals surface area contributed by atoms with Crippen molar-refractivity contribution in [2.24, 2.45) is 7.05 Å². The van der Waals surface area contributed by atoms with Gasteiger partial charge in [0, 0.05) is 35.8 Å². The summed E-state index contributed by atoms with van der Waals surface area (Å²) >= 11 is 0. The van der Waals surface area contributed by atoms with Crippen LogP contribution >= 0.6 is 0 Å². The lowest BCUT2D eigenvalue weighted by Gasteiger charge is -2.30. The van der Waals surface area contributed by atoms with Crippen LogP contribution in [-0.4, -0.2) is 10.5 Å². The molecule has 0 unspecified atom stereocenters. The summed E-state index contributed by atoms with van der Waals surface area (Å²) in [4.78, 5) is 12.8. The molecule has 2 heterocycles. The van der Waals surface area contributed by atoms with E-state index in [0.717, 1.165) is 29.8 Å². The van der Waals surface area contributed by atoms with Gasteiger partial charge in [-0.2, -0.15) is 0 Å². The van der Waals surface area contributed by atoms with Gasteiger partial charge in [-0.05, 0) is 25.0 Å². The molecule has 0 bridgehead atoms. The Balaban J connectivity index is 2.37. The minimum Gasteiger partial charge on any atom is -0.353 e. The summed E-state index contributed by atoms with van der Waals surface area (Å²) in [5.41, 5.74) is 3.87. The first-order chi connectivity index (χ1) is 9.64. The number of hydrogen-bond donors (Lipinski definition) is 1. The Bertz CT molecular complexity index is 665. The third kappa shape index (κ3) is 1.56. The van der Waals surface area contributed by atoms with Crippen molar-refractivity contribution in [3.63, 3.8) is 0 Å². The largest absolute Gasteiger partial charge is 0.353 e. The van der Waals surface area contributed by atoms with Crippen LogP contribution in [0.5, 0.6) is 0 Å². The van der Waals surface area contributed by atoms with E-state index in [4.69, 9.17) is 0 Å². The van der Waals surface area contributed by atoms with Crippen LogP contribution < -0.4 is 5.32 Å². The molecule has 0 radical (unpaired) electrons. The Kier molecular flexibility index (Phi) is 2.93. The van der Waals surface area contributed by atoms with E-state index in [1.54, 1.807) is 0 Å². The number of nitrogens with zero attached hydrogens (tertiary/aromatic N) is 1. The van der Waals surface area contributed by atoms with Crippen LogP contribution in [0, 0.1) is 0 Å². The SMILES string of the molecule is CCC1(CC)C(=O)Nc2ccccc2-c2ccn(C)c21. The van der Waals surface area contributed by atoms with Crippen molar-refractivity contribution in [2.45, 2.75) is 32.1 Å². The minimum atomic E-state index is -0.452. The molecule has 0 aliphatic carbocycles. The molecular weight excluding hydrogens is 248 g/mol. The quantitative estimate of drug-likeness (QED) is 0.885. The fourth-order valence-electron chi connectivity index (χ4n) is 3.42. The summed E-state index contributed by atoms with van der Waals surface area (Å²) in [7, 11) is 2.03. The van der Waals surface area contributed by atoms with Crippen LogP contribution in [0.15, 0.2) is 36.5 Å². The lowest BCUT2D eigenvalue weighted by atomic mass is 9.76. The van der Waals surface area contributed by atoms with Gasteiger partial charge < -0.3 is 9.88 Å². The van der Waals surface area contributed by atoms with Gasteiger partial charge in [0.1, 0.15) is 0 Å². The predicted octanol–water partition coefficient (Wildman–Crippen LogP) is 3.70. The second kappa shape index (κ2) is 4.51. The third-order valence-electron chi connectivity index (χ3n) is 4.63. The van der Waals surface area contributed by atoms with Crippen LogP contribution in [0.1, 0.15) is 32.4 Å². The monoisotopic (exact) mass is 268 g/mol. The normalized spacial score (nSPS) is 16.1. The Labute approximate surface area is 119 Å². The molecule has 3 rings (SSSR count). The van der Waals surface area contributed by atoms with E-state index in [1.807, 2.05) is 25.2 Å². The van der Waals surface area contributed by atoms with Crippen LogP contribution in [0.25, 0.3) is 11.1 Å². The van der Waals surface area contributed by atoms with Gasteiger partial charge in [0.25, 0.3) is 0 Å². The topological polar surface area (TPSA) is 34.0 Å². The van der Waals surface area contributed by atoms with Gasteiger partial charge in [0.05, 0.1) is 5.41 Å². The number of nitrogens with one attached hydrogen (secondary N) is 1. The molecule has 1 amide bonds. The highest BCUT2D eigenvalue weighted by molar-refractivity contribution is 6.05. The molecule has 1 aliphatic heterocycles. The Morgan fingerprint density at radius 3 is 2.50 bits per heavy atom. The Morgan fingerprint density at radius 2 is 1.80 bits per heavy atom. The Hall–Kier alpha value is -2.03. The lowest BCUT2D eigenvalue weighted by molar-refractivity contribution is -0.122. The van der Waals surface area contributed by atoms with E-state index < -0.39 is 5.41 Å². The fourth-order valence-corrected chi connectivity index (χ4v) is 3.42. The van der Waals surface area contributed by atoms with E-state index in [0.29, 0.717) is 0 Å². The van der Waals surface area contributed by atoms with Gasteiger partial charge in [-0.15, -0.1) is 0 Å². The highest BCUT2D eigenvalue weighted by Gasteiger charge is 2.43. The van der Waals surface area contributed by atoms with Crippen LogP contribution in [0.3, 0.4) is 0 Å². The van der Waals surface area contributed by atoms with Crippen molar-refractivity contribution in [3.05, 3.63) is 42.2 Å². The van der Waals surface area contributed by atoms with Gasteiger partial charge in [-0.3, -0.25) is 4.79 Å². The molecule has 0 saturated heterocycles. The van der Waals surface area contributed by atoms with Crippen molar-refractivity contribution >= 4 is 11.6 Å². The maximum absolute atomic E-state index is 12.8. The molecule has 0 fully saturated rings. The molecule has 3 nitrogen and oxygen atoms in total. The lowest BCUT2D eigenvalue weighted by Crippen LogP contribution is -2.40. The van der Waals surface area contributed by atoms with Gasteiger partial charge in [0.15, 0.2) is 0 Å². The molecule has 3 heteroatoms. The van der Waals surface area contributed by atoms with Crippen molar-refractivity contribution in [2.75, 3.05) is 5.32 Å². The number of aryl methyl sites for hydroxylation is 1. The standard InChI is InChI=1S/C17H20N2O/c1-4-17(5-2)15-13(10-11-19(15)3)12-8-6-7-9-14(12)18-16(17)20/h6-11H,4-5H2,1-3H3,(H,18,20). The molecular formula is C17H20N2O. The van der Waals surface area contributed by atoms with Gasteiger partial charge in [-0.1, -0.05) is 32.0 Å². The van der Waals surface area contributed by atoms with Crippen LogP contribution in [-0.2, 0) is 17.3 Å². The minimum absolute atomic E-state index is 0.107. The van der Waals surface area contributed by atoms with Crippen LogP contribution in [0.2, 0.25) is 0 Å². The number of carbonyl (C=O) groups is 1. The predicted molar refractivity (Wildman–Crippen MR) is 81.7 cm³/mol. The van der Waals surface area contributed by atoms with E-state index in [-0.39, 0.29) is 5.91 Å². The first kappa shape index (κ1) is 13.0. The summed E-state index contributed by atoms with van der Waals surface area (Å²) in [5, 5.41) is 3.12. The maximum Gasteiger partial charge on any atom is 0.236 e. The second-order valence-electron chi connectivity index (χ2n) is 5.48. The number of amides is 1. The smallest absolute Gasteiger partial charge is 0.236 e. The van der Waals surface area contributed by atoms with Gasteiger partial charge in [0.2, 0.25) is 5.91 Å². The molecule has 0 atom stereocenters. The van der Waals surface area contributed by atoms with Gasteiger partial charge in [-0.25, -0.2) is 0 Å². The number of anilines is 1. The molecule has 2 aromatic rings. The molecule has 0 saturated carbocycles. The van der Waals surface area contributed by atoms with Gasteiger partial charge >= 0.3 is 0 Å². The molecule has 1 N–H and O–H groups in total. The van der Waals surface area contributed by atoms with E-state index in [1.165, 1.54) is 5.56 Å². The third-order valence-corrected chi connectivity index (χ3v) is 4.63. The molecule has 0 spiro atoms. The molecule has 1 aliphatic rings. The molecule has 1 aromatic carbocycles. The highest BCUT2D eigenvalue weighted by Crippen LogP contribution is 2.44.